The minimum absolute atomic E-state index is 0.583. The molecule has 0 heterocycles. The number of unbranched alkanes of at least 4 members (excludes halogenated alkanes) is 6. The van der Waals surface area contributed by atoms with Crippen molar-refractivity contribution < 1.29 is 4.74 Å². The number of allylic oxidation sites excluding steroid dienone is 2. The van der Waals surface area contributed by atoms with Crippen molar-refractivity contribution in [3.63, 3.8) is 0 Å². The molecule has 31 heavy (non-hydrogen) atoms. The topological polar surface area (TPSA) is 9.23 Å². The number of hydrogen-bond donors (Lipinski definition) is 0. The van der Waals surface area contributed by atoms with E-state index in [2.05, 4.69) is 37.5 Å². The first-order valence-corrected chi connectivity index (χ1v) is 12.7. The molecule has 0 N–H and O–H groups in total. The second kappa shape index (κ2) is 16.6. The number of benzene rings is 1. The van der Waals surface area contributed by atoms with Crippen molar-refractivity contribution in [3.8, 4) is 29.4 Å². The average molecular weight is 419 g/mol. The molecule has 0 saturated heterocycles. The van der Waals surface area contributed by atoms with Crippen LogP contribution in [0.25, 0.3) is 0 Å². The monoisotopic (exact) mass is 418 g/mol. The zero-order valence-corrected chi connectivity index (χ0v) is 19.9. The fourth-order valence-corrected chi connectivity index (χ4v) is 4.18. The molecule has 0 aliphatic heterocycles. The molecular formula is C30H42O. The molecule has 1 aromatic carbocycles. The van der Waals surface area contributed by atoms with Gasteiger partial charge in [-0.2, -0.15) is 0 Å². The van der Waals surface area contributed by atoms with Crippen LogP contribution in [0.4, 0.5) is 0 Å². The SMILES string of the molecule is CCCCCCCOc1ccc(C#C/C=C/C#CC2CCC(CCCCC)CC2)cc1. The van der Waals surface area contributed by atoms with Crippen molar-refractivity contribution in [3.05, 3.63) is 42.0 Å². The van der Waals surface area contributed by atoms with Crippen LogP contribution in [-0.4, -0.2) is 6.61 Å². The van der Waals surface area contributed by atoms with Gasteiger partial charge in [0.15, 0.2) is 0 Å². The van der Waals surface area contributed by atoms with Gasteiger partial charge in [0.2, 0.25) is 0 Å². The predicted octanol–water partition coefficient (Wildman–Crippen LogP) is 8.33. The van der Waals surface area contributed by atoms with Gasteiger partial charge in [0.1, 0.15) is 5.75 Å². The van der Waals surface area contributed by atoms with Crippen molar-refractivity contribution in [1.29, 1.82) is 0 Å². The van der Waals surface area contributed by atoms with E-state index in [0.717, 1.165) is 30.3 Å². The highest BCUT2D eigenvalue weighted by molar-refractivity contribution is 5.40. The first-order valence-electron chi connectivity index (χ1n) is 12.7. The maximum absolute atomic E-state index is 5.81. The summed E-state index contributed by atoms with van der Waals surface area (Å²) < 4.78 is 5.81. The summed E-state index contributed by atoms with van der Waals surface area (Å²) in [7, 11) is 0. The Kier molecular flexibility index (Phi) is 13.4. The molecule has 0 amide bonds. The highest BCUT2D eigenvalue weighted by Crippen LogP contribution is 2.31. The van der Waals surface area contributed by atoms with Crippen LogP contribution < -0.4 is 4.74 Å². The molecule has 0 aromatic heterocycles. The van der Waals surface area contributed by atoms with Crippen molar-refractivity contribution in [2.24, 2.45) is 11.8 Å². The van der Waals surface area contributed by atoms with Crippen LogP contribution in [0.3, 0.4) is 0 Å². The van der Waals surface area contributed by atoms with E-state index in [4.69, 9.17) is 4.74 Å². The Morgan fingerprint density at radius 3 is 2.23 bits per heavy atom. The van der Waals surface area contributed by atoms with Gasteiger partial charge in [-0.1, -0.05) is 88.9 Å². The van der Waals surface area contributed by atoms with E-state index in [-0.39, 0.29) is 0 Å². The summed E-state index contributed by atoms with van der Waals surface area (Å²) >= 11 is 0. The lowest BCUT2D eigenvalue weighted by molar-refractivity contribution is 0.294. The van der Waals surface area contributed by atoms with Crippen molar-refractivity contribution in [1.82, 2.24) is 0 Å². The second-order valence-electron chi connectivity index (χ2n) is 8.89. The summed E-state index contributed by atoms with van der Waals surface area (Å²) in [5, 5.41) is 0. The lowest BCUT2D eigenvalue weighted by atomic mass is 9.80. The molecule has 1 aromatic rings. The zero-order chi connectivity index (χ0) is 22.0. The molecule has 0 bridgehead atoms. The molecule has 1 fully saturated rings. The van der Waals surface area contributed by atoms with E-state index in [9.17, 15) is 0 Å². The van der Waals surface area contributed by atoms with Crippen LogP contribution in [0.15, 0.2) is 36.4 Å². The molecule has 0 atom stereocenters. The minimum Gasteiger partial charge on any atom is -0.494 e. The fraction of sp³-hybridized carbons (Fsp3) is 0.600. The van der Waals surface area contributed by atoms with Crippen molar-refractivity contribution in [2.75, 3.05) is 6.61 Å². The lowest BCUT2D eigenvalue weighted by Crippen LogP contribution is -2.13. The molecule has 0 radical (unpaired) electrons. The van der Waals surface area contributed by atoms with Gasteiger partial charge in [-0.3, -0.25) is 0 Å². The number of ether oxygens (including phenoxy) is 1. The van der Waals surface area contributed by atoms with Crippen molar-refractivity contribution >= 4 is 0 Å². The Morgan fingerprint density at radius 1 is 0.806 bits per heavy atom. The van der Waals surface area contributed by atoms with Gasteiger partial charge in [0.25, 0.3) is 0 Å². The molecule has 1 heteroatoms. The molecule has 168 valence electrons. The van der Waals surface area contributed by atoms with Crippen LogP contribution in [0.5, 0.6) is 5.75 Å². The van der Waals surface area contributed by atoms with Gasteiger partial charge in [-0.15, -0.1) is 0 Å². The highest BCUT2D eigenvalue weighted by atomic mass is 16.5. The van der Waals surface area contributed by atoms with E-state index >= 15 is 0 Å². The van der Waals surface area contributed by atoms with Crippen LogP contribution in [0, 0.1) is 35.5 Å². The first kappa shape index (κ1) is 25.1. The standard InChI is InChI=1S/C30H42O/c1-3-5-7-10-14-26-31-30-24-22-29(23-25-30)17-13-9-8-12-16-28-20-18-27(19-21-28)15-11-6-4-2/h8-9,22-25,27-28H,3-7,10-11,14-15,18-21,26H2,1-2H3/b9-8+. The second-order valence-corrected chi connectivity index (χ2v) is 8.89. The van der Waals surface area contributed by atoms with E-state index in [1.165, 1.54) is 77.0 Å². The number of rotatable bonds is 11. The summed E-state index contributed by atoms with van der Waals surface area (Å²) in [5.41, 5.74) is 1.01. The molecule has 1 saturated carbocycles. The van der Waals surface area contributed by atoms with Gasteiger partial charge in [-0.25, -0.2) is 0 Å². The summed E-state index contributed by atoms with van der Waals surface area (Å²) in [6, 6.07) is 8.08. The lowest BCUT2D eigenvalue weighted by Gasteiger charge is -2.25. The smallest absolute Gasteiger partial charge is 0.119 e. The van der Waals surface area contributed by atoms with Crippen LogP contribution in [-0.2, 0) is 0 Å². The molecule has 0 unspecified atom stereocenters. The van der Waals surface area contributed by atoms with Gasteiger partial charge in [0, 0.05) is 11.5 Å². The molecule has 2 rings (SSSR count). The summed E-state index contributed by atoms with van der Waals surface area (Å²) in [6.45, 7) is 5.33. The third-order valence-corrected chi connectivity index (χ3v) is 6.19. The Bertz CT molecular complexity index is 727. The van der Waals surface area contributed by atoms with Gasteiger partial charge in [-0.05, 0) is 74.4 Å². The molecule has 1 nitrogen and oxygen atoms in total. The minimum atomic E-state index is 0.583. The Balaban J connectivity index is 1.63. The molecule has 0 spiro atoms. The summed E-state index contributed by atoms with van der Waals surface area (Å²) in [4.78, 5) is 0. The normalized spacial score (nSPS) is 18.1. The number of hydrogen-bond acceptors (Lipinski definition) is 1. The van der Waals surface area contributed by atoms with Gasteiger partial charge in [0.05, 0.1) is 6.61 Å². The molecular weight excluding hydrogens is 376 g/mol. The van der Waals surface area contributed by atoms with Gasteiger partial charge >= 0.3 is 0 Å². The van der Waals surface area contributed by atoms with Crippen LogP contribution in [0.2, 0.25) is 0 Å². The predicted molar refractivity (Wildman–Crippen MR) is 134 cm³/mol. The maximum Gasteiger partial charge on any atom is 0.119 e. The summed E-state index contributed by atoms with van der Waals surface area (Å²) in [6.07, 6.45) is 20.9. The highest BCUT2D eigenvalue weighted by Gasteiger charge is 2.19. The maximum atomic E-state index is 5.81. The third-order valence-electron chi connectivity index (χ3n) is 6.19. The Hall–Kier alpha value is -2.12. The van der Waals surface area contributed by atoms with E-state index in [1.54, 1.807) is 0 Å². The van der Waals surface area contributed by atoms with E-state index in [1.807, 2.05) is 36.4 Å². The first-order chi connectivity index (χ1) is 15.3. The van der Waals surface area contributed by atoms with E-state index in [0.29, 0.717) is 5.92 Å². The quantitative estimate of drug-likeness (QED) is 0.259. The van der Waals surface area contributed by atoms with Crippen LogP contribution in [0.1, 0.15) is 103 Å². The Morgan fingerprint density at radius 2 is 1.48 bits per heavy atom. The summed E-state index contributed by atoms with van der Waals surface area (Å²) in [5.74, 6) is 15.4. The molecule has 1 aliphatic carbocycles. The fourth-order valence-electron chi connectivity index (χ4n) is 4.18. The largest absolute Gasteiger partial charge is 0.494 e. The average Bonchev–Trinajstić information content (AvgIpc) is 2.80. The third kappa shape index (κ3) is 11.7. The van der Waals surface area contributed by atoms with E-state index < -0.39 is 0 Å². The zero-order valence-electron chi connectivity index (χ0n) is 19.9. The molecule has 1 aliphatic rings. The Labute approximate surface area is 192 Å². The van der Waals surface area contributed by atoms with Crippen molar-refractivity contribution in [2.45, 2.75) is 97.3 Å². The van der Waals surface area contributed by atoms with Crippen LogP contribution >= 0.6 is 0 Å². The van der Waals surface area contributed by atoms with Gasteiger partial charge < -0.3 is 4.74 Å².